The summed E-state index contributed by atoms with van der Waals surface area (Å²) in [6.45, 7) is 7.89. The zero-order valence-electron chi connectivity index (χ0n) is 11.6. The largest absolute Gasteiger partial charge is 0.371 e. The summed E-state index contributed by atoms with van der Waals surface area (Å²) < 4.78 is 0. The molecule has 5 nitrogen and oxygen atoms in total. The number of hydrogen-bond acceptors (Lipinski definition) is 4. The number of aldehydes is 1. The predicted molar refractivity (Wildman–Crippen MR) is 75.8 cm³/mol. The van der Waals surface area contributed by atoms with E-state index in [9.17, 15) is 14.9 Å². The van der Waals surface area contributed by atoms with Gasteiger partial charge < -0.3 is 4.90 Å². The van der Waals surface area contributed by atoms with Crippen LogP contribution in [-0.2, 0) is 0 Å². The topological polar surface area (TPSA) is 63.4 Å². The molecular formula is C14H20N2O3. The Bertz CT molecular complexity index is 460. The van der Waals surface area contributed by atoms with Crippen LogP contribution in [0.15, 0.2) is 18.2 Å². The molecule has 0 saturated heterocycles. The van der Waals surface area contributed by atoms with Gasteiger partial charge in [0.15, 0.2) is 6.29 Å². The van der Waals surface area contributed by atoms with E-state index in [-0.39, 0.29) is 5.69 Å². The Morgan fingerprint density at radius 3 is 2.58 bits per heavy atom. The van der Waals surface area contributed by atoms with Crippen molar-refractivity contribution in [2.75, 3.05) is 18.0 Å². The van der Waals surface area contributed by atoms with Crippen molar-refractivity contribution in [3.05, 3.63) is 33.9 Å². The van der Waals surface area contributed by atoms with E-state index in [1.807, 2.05) is 6.92 Å². The lowest BCUT2D eigenvalue weighted by Crippen LogP contribution is -2.28. The van der Waals surface area contributed by atoms with E-state index < -0.39 is 4.92 Å². The van der Waals surface area contributed by atoms with Gasteiger partial charge >= 0.3 is 0 Å². The maximum atomic E-state index is 11.1. The molecule has 0 spiro atoms. The van der Waals surface area contributed by atoms with E-state index in [2.05, 4.69) is 18.7 Å². The minimum atomic E-state index is -0.484. The van der Waals surface area contributed by atoms with Gasteiger partial charge in [0.1, 0.15) is 0 Å². The summed E-state index contributed by atoms with van der Waals surface area (Å²) in [7, 11) is 0. The van der Waals surface area contributed by atoms with Gasteiger partial charge in [0.2, 0.25) is 0 Å². The number of carbonyl (C=O) groups excluding carboxylic acids is 1. The first-order valence-corrected chi connectivity index (χ1v) is 6.52. The second-order valence-corrected chi connectivity index (χ2v) is 4.67. The second-order valence-electron chi connectivity index (χ2n) is 4.67. The third-order valence-corrected chi connectivity index (χ3v) is 3.30. The average Bonchev–Trinajstić information content (AvgIpc) is 2.43. The van der Waals surface area contributed by atoms with Crippen LogP contribution in [0.5, 0.6) is 0 Å². The van der Waals surface area contributed by atoms with Crippen LogP contribution in [0, 0.1) is 16.0 Å². The highest BCUT2D eigenvalue weighted by Crippen LogP contribution is 2.25. The van der Waals surface area contributed by atoms with Gasteiger partial charge in [-0.1, -0.05) is 20.3 Å². The lowest BCUT2D eigenvalue weighted by atomic mass is 10.1. The molecule has 0 amide bonds. The molecule has 0 saturated carbocycles. The van der Waals surface area contributed by atoms with E-state index in [4.69, 9.17) is 0 Å². The lowest BCUT2D eigenvalue weighted by molar-refractivity contribution is -0.384. The third-order valence-electron chi connectivity index (χ3n) is 3.30. The van der Waals surface area contributed by atoms with Crippen molar-refractivity contribution in [1.29, 1.82) is 0 Å². The molecule has 0 aliphatic heterocycles. The van der Waals surface area contributed by atoms with Crippen LogP contribution in [0.4, 0.5) is 11.4 Å². The van der Waals surface area contributed by atoms with Gasteiger partial charge in [0, 0.05) is 36.5 Å². The minimum absolute atomic E-state index is 0.0505. The number of rotatable bonds is 7. The molecule has 0 radical (unpaired) electrons. The average molecular weight is 264 g/mol. The van der Waals surface area contributed by atoms with Crippen molar-refractivity contribution in [3.63, 3.8) is 0 Å². The van der Waals surface area contributed by atoms with Crippen LogP contribution in [0.25, 0.3) is 0 Å². The van der Waals surface area contributed by atoms with Crippen molar-refractivity contribution >= 4 is 17.7 Å². The van der Waals surface area contributed by atoms with Crippen molar-refractivity contribution in [2.45, 2.75) is 27.2 Å². The summed E-state index contributed by atoms with van der Waals surface area (Å²) in [4.78, 5) is 23.4. The molecule has 1 atom stereocenters. The fraction of sp³-hybridized carbons (Fsp3) is 0.500. The third kappa shape index (κ3) is 3.77. The Balaban J connectivity index is 3.09. The number of nitrogens with zero attached hydrogens (tertiary/aromatic N) is 2. The molecule has 1 aromatic rings. The highest BCUT2D eigenvalue weighted by atomic mass is 16.6. The van der Waals surface area contributed by atoms with E-state index in [0.29, 0.717) is 17.8 Å². The molecule has 19 heavy (non-hydrogen) atoms. The zero-order valence-corrected chi connectivity index (χ0v) is 11.6. The highest BCUT2D eigenvalue weighted by Gasteiger charge is 2.15. The van der Waals surface area contributed by atoms with E-state index in [1.165, 1.54) is 12.1 Å². The molecule has 0 aliphatic carbocycles. The Labute approximate surface area is 113 Å². The van der Waals surface area contributed by atoms with Gasteiger partial charge in [-0.05, 0) is 18.9 Å². The maximum absolute atomic E-state index is 11.1. The molecule has 5 heteroatoms. The van der Waals surface area contributed by atoms with Gasteiger partial charge in [-0.15, -0.1) is 0 Å². The number of nitro benzene ring substituents is 1. The monoisotopic (exact) mass is 264 g/mol. The van der Waals surface area contributed by atoms with Crippen molar-refractivity contribution in [1.82, 2.24) is 0 Å². The molecule has 104 valence electrons. The number of anilines is 1. The zero-order chi connectivity index (χ0) is 14.4. The normalized spacial score (nSPS) is 11.9. The fourth-order valence-electron chi connectivity index (χ4n) is 1.94. The molecule has 0 aliphatic rings. The second kappa shape index (κ2) is 6.87. The van der Waals surface area contributed by atoms with Gasteiger partial charge in [0.05, 0.1) is 4.92 Å². The summed E-state index contributed by atoms with van der Waals surface area (Å²) >= 11 is 0. The Morgan fingerprint density at radius 2 is 2.11 bits per heavy atom. The van der Waals surface area contributed by atoms with E-state index >= 15 is 0 Å². The highest BCUT2D eigenvalue weighted by molar-refractivity contribution is 5.86. The lowest BCUT2D eigenvalue weighted by Gasteiger charge is -2.27. The molecule has 1 unspecified atom stereocenters. The van der Waals surface area contributed by atoms with Gasteiger partial charge in [-0.2, -0.15) is 0 Å². The van der Waals surface area contributed by atoms with Crippen molar-refractivity contribution in [2.24, 2.45) is 5.92 Å². The standard InChI is InChI=1S/C14H20N2O3/c1-4-11(3)9-15(5-2)14-7-6-13(16(18)19)8-12(14)10-17/h6-8,10-11H,4-5,9H2,1-3H3. The van der Waals surface area contributed by atoms with Crippen LogP contribution in [0.2, 0.25) is 0 Å². The summed E-state index contributed by atoms with van der Waals surface area (Å²) in [6.07, 6.45) is 1.74. The quantitative estimate of drug-likeness (QED) is 0.430. The summed E-state index contributed by atoms with van der Waals surface area (Å²) in [5, 5.41) is 10.7. The maximum Gasteiger partial charge on any atom is 0.270 e. The molecule has 1 aromatic carbocycles. The molecule has 1 rings (SSSR count). The predicted octanol–water partition coefficient (Wildman–Crippen LogP) is 3.28. The molecule has 0 bridgehead atoms. The van der Waals surface area contributed by atoms with Gasteiger partial charge in [0.25, 0.3) is 5.69 Å². The van der Waals surface area contributed by atoms with Gasteiger partial charge in [-0.3, -0.25) is 14.9 Å². The first kappa shape index (κ1) is 15.1. The van der Waals surface area contributed by atoms with Crippen LogP contribution in [0.1, 0.15) is 37.6 Å². The number of nitro groups is 1. The minimum Gasteiger partial charge on any atom is -0.371 e. The molecule has 0 N–H and O–H groups in total. The summed E-state index contributed by atoms with van der Waals surface area (Å²) in [5.41, 5.74) is 1.09. The van der Waals surface area contributed by atoms with Crippen LogP contribution < -0.4 is 4.90 Å². The fourth-order valence-corrected chi connectivity index (χ4v) is 1.94. The first-order valence-electron chi connectivity index (χ1n) is 6.52. The molecular weight excluding hydrogens is 244 g/mol. The van der Waals surface area contributed by atoms with Crippen molar-refractivity contribution in [3.8, 4) is 0 Å². The van der Waals surface area contributed by atoms with Crippen LogP contribution in [0.3, 0.4) is 0 Å². The molecule has 0 heterocycles. The number of non-ortho nitro benzene ring substituents is 1. The summed E-state index contributed by atoms with van der Waals surface area (Å²) in [6, 6.07) is 4.44. The Kier molecular flexibility index (Phi) is 5.48. The smallest absolute Gasteiger partial charge is 0.270 e. The van der Waals surface area contributed by atoms with E-state index in [1.54, 1.807) is 6.07 Å². The van der Waals surface area contributed by atoms with Crippen LogP contribution >= 0.6 is 0 Å². The Morgan fingerprint density at radius 1 is 1.42 bits per heavy atom. The molecule has 0 aromatic heterocycles. The molecule has 0 fully saturated rings. The Hall–Kier alpha value is -1.91. The SMILES string of the molecule is CCC(C)CN(CC)c1ccc([N+](=O)[O-])cc1C=O. The summed E-state index contributed by atoms with van der Waals surface area (Å²) in [5.74, 6) is 0.509. The van der Waals surface area contributed by atoms with Gasteiger partial charge in [-0.25, -0.2) is 0 Å². The number of benzene rings is 1. The van der Waals surface area contributed by atoms with Crippen LogP contribution in [-0.4, -0.2) is 24.3 Å². The first-order chi connectivity index (χ1) is 9.03. The van der Waals surface area contributed by atoms with Crippen molar-refractivity contribution < 1.29 is 9.72 Å². The van der Waals surface area contributed by atoms with E-state index in [0.717, 1.165) is 25.2 Å². The number of carbonyl (C=O) groups is 1. The number of hydrogen-bond donors (Lipinski definition) is 0.